The van der Waals surface area contributed by atoms with Crippen molar-refractivity contribution < 1.29 is 14.6 Å². The van der Waals surface area contributed by atoms with Crippen LogP contribution in [-0.4, -0.2) is 27.9 Å². The van der Waals surface area contributed by atoms with Gasteiger partial charge in [0.25, 0.3) is 0 Å². The molecule has 0 spiro atoms. The first kappa shape index (κ1) is 12.7. The van der Waals surface area contributed by atoms with E-state index in [2.05, 4.69) is 5.32 Å². The van der Waals surface area contributed by atoms with Gasteiger partial charge in [-0.15, -0.1) is 0 Å². The lowest BCUT2D eigenvalue weighted by Crippen LogP contribution is -2.80. The van der Waals surface area contributed by atoms with Crippen molar-refractivity contribution in [1.29, 1.82) is 0 Å². The Morgan fingerprint density at radius 2 is 1.65 bits per heavy atom. The fourth-order valence-corrected chi connectivity index (χ4v) is 3.09. The number of carbonyl (C=O) groups excluding carboxylic acids is 1. The maximum Gasteiger partial charge on any atom is 0.408 e. The van der Waals surface area contributed by atoms with Crippen LogP contribution >= 0.6 is 0 Å². The smallest absolute Gasteiger partial charge is 0.408 e. The van der Waals surface area contributed by atoms with E-state index in [9.17, 15) is 9.90 Å². The molecule has 0 aromatic heterocycles. The SMILES string of the molecule is CC(C)(C)OC(=O)NC12CC(C(C)(C)O)(C1)C2. The van der Waals surface area contributed by atoms with Crippen molar-refractivity contribution in [2.24, 2.45) is 5.41 Å². The number of alkyl carbamates (subject to hydrolysis) is 1. The summed E-state index contributed by atoms with van der Waals surface area (Å²) in [6, 6.07) is 0. The van der Waals surface area contributed by atoms with Gasteiger partial charge in [0.15, 0.2) is 0 Å². The molecule has 0 aromatic carbocycles. The second-order valence-corrected chi connectivity index (χ2v) is 7.28. The molecule has 2 N–H and O–H groups in total. The molecule has 3 fully saturated rings. The highest BCUT2D eigenvalue weighted by atomic mass is 16.6. The number of carbonyl (C=O) groups is 1. The average molecular weight is 241 g/mol. The monoisotopic (exact) mass is 241 g/mol. The largest absolute Gasteiger partial charge is 0.444 e. The maximum atomic E-state index is 11.6. The molecular weight excluding hydrogens is 218 g/mol. The predicted molar refractivity (Wildman–Crippen MR) is 64.7 cm³/mol. The standard InChI is InChI=1S/C13H23NO3/c1-10(2,3)17-9(15)14-13-6-12(7-13,8-13)11(4,5)16/h16H,6-8H2,1-5H3,(H,14,15). The highest BCUT2D eigenvalue weighted by Crippen LogP contribution is 2.71. The summed E-state index contributed by atoms with van der Waals surface area (Å²) in [6.07, 6.45) is 2.25. The van der Waals surface area contributed by atoms with Crippen LogP contribution in [0.2, 0.25) is 0 Å². The Morgan fingerprint density at radius 3 is 2.00 bits per heavy atom. The molecule has 4 heteroatoms. The molecule has 0 saturated heterocycles. The molecule has 17 heavy (non-hydrogen) atoms. The first-order chi connectivity index (χ1) is 7.47. The number of hydrogen-bond acceptors (Lipinski definition) is 3. The summed E-state index contributed by atoms with van der Waals surface area (Å²) in [6.45, 7) is 9.26. The summed E-state index contributed by atoms with van der Waals surface area (Å²) in [4.78, 5) is 11.6. The highest BCUT2D eigenvalue weighted by Gasteiger charge is 2.73. The Balaban J connectivity index is 1.85. The molecule has 3 aliphatic carbocycles. The van der Waals surface area contributed by atoms with E-state index in [4.69, 9.17) is 4.74 Å². The molecule has 0 unspecified atom stereocenters. The molecule has 0 atom stereocenters. The zero-order valence-corrected chi connectivity index (χ0v) is 11.4. The minimum Gasteiger partial charge on any atom is -0.444 e. The van der Waals surface area contributed by atoms with Crippen molar-refractivity contribution in [2.45, 2.75) is 70.6 Å². The molecule has 3 saturated carbocycles. The van der Waals surface area contributed by atoms with Gasteiger partial charge in [0.05, 0.1) is 5.60 Å². The molecule has 0 aliphatic heterocycles. The van der Waals surface area contributed by atoms with Crippen LogP contribution in [0.3, 0.4) is 0 Å². The van der Waals surface area contributed by atoms with Crippen LogP contribution in [0.1, 0.15) is 53.9 Å². The van der Waals surface area contributed by atoms with Crippen LogP contribution < -0.4 is 5.32 Å². The summed E-state index contributed by atoms with van der Waals surface area (Å²) in [7, 11) is 0. The minimum atomic E-state index is -0.648. The van der Waals surface area contributed by atoms with Crippen molar-refractivity contribution in [3.63, 3.8) is 0 Å². The topological polar surface area (TPSA) is 58.6 Å². The van der Waals surface area contributed by atoms with E-state index in [-0.39, 0.29) is 17.0 Å². The molecule has 4 nitrogen and oxygen atoms in total. The predicted octanol–water partition coefficient (Wildman–Crippen LogP) is 2.20. The van der Waals surface area contributed by atoms with Crippen molar-refractivity contribution >= 4 is 6.09 Å². The zero-order chi connectivity index (χ0) is 13.1. The molecule has 1 amide bonds. The molecular formula is C13H23NO3. The van der Waals surface area contributed by atoms with Crippen LogP contribution in [0, 0.1) is 5.41 Å². The van der Waals surface area contributed by atoms with E-state index in [1.165, 1.54) is 0 Å². The average Bonchev–Trinajstić information content (AvgIpc) is 1.86. The molecule has 2 bridgehead atoms. The van der Waals surface area contributed by atoms with Gasteiger partial charge >= 0.3 is 6.09 Å². The van der Waals surface area contributed by atoms with Gasteiger partial charge in [0, 0.05) is 11.0 Å². The number of hydrogen-bond donors (Lipinski definition) is 2. The van der Waals surface area contributed by atoms with E-state index < -0.39 is 11.2 Å². The third-order valence-electron chi connectivity index (χ3n) is 4.09. The van der Waals surface area contributed by atoms with E-state index >= 15 is 0 Å². The Labute approximate surface area is 103 Å². The molecule has 3 aliphatic rings. The maximum absolute atomic E-state index is 11.6. The number of amides is 1. The Bertz CT molecular complexity index is 329. The lowest BCUT2D eigenvalue weighted by atomic mass is 9.35. The van der Waals surface area contributed by atoms with Crippen LogP contribution in [0.25, 0.3) is 0 Å². The molecule has 0 radical (unpaired) electrons. The second-order valence-electron chi connectivity index (χ2n) is 7.28. The van der Waals surface area contributed by atoms with Gasteiger partial charge in [-0.1, -0.05) is 0 Å². The van der Waals surface area contributed by atoms with Crippen LogP contribution in [0.15, 0.2) is 0 Å². The number of rotatable bonds is 2. The lowest BCUT2D eigenvalue weighted by molar-refractivity contribution is -0.248. The highest BCUT2D eigenvalue weighted by molar-refractivity contribution is 5.70. The normalized spacial score (nSPS) is 35.6. The quantitative estimate of drug-likeness (QED) is 0.779. The van der Waals surface area contributed by atoms with E-state index in [0.29, 0.717) is 0 Å². The van der Waals surface area contributed by atoms with Gasteiger partial charge in [0.2, 0.25) is 0 Å². The third-order valence-corrected chi connectivity index (χ3v) is 4.09. The van der Waals surface area contributed by atoms with Gasteiger partial charge < -0.3 is 15.2 Å². The third kappa shape index (κ3) is 2.03. The Morgan fingerprint density at radius 1 is 1.18 bits per heavy atom. The van der Waals surface area contributed by atoms with Gasteiger partial charge in [-0.25, -0.2) is 4.79 Å². The number of nitrogens with one attached hydrogen (secondary N) is 1. The minimum absolute atomic E-state index is 0.0159. The molecule has 0 aromatic rings. The lowest BCUT2D eigenvalue weighted by Gasteiger charge is -2.74. The summed E-state index contributed by atoms with van der Waals surface area (Å²) in [5.41, 5.74) is -1.20. The first-order valence-electron chi connectivity index (χ1n) is 6.21. The fraction of sp³-hybridized carbons (Fsp3) is 0.923. The van der Waals surface area contributed by atoms with Gasteiger partial charge in [0.1, 0.15) is 5.60 Å². The molecule has 98 valence electrons. The van der Waals surface area contributed by atoms with Crippen LogP contribution in [-0.2, 0) is 4.74 Å². The number of aliphatic hydroxyl groups is 1. The van der Waals surface area contributed by atoms with E-state index in [1.807, 2.05) is 34.6 Å². The summed E-state index contributed by atoms with van der Waals surface area (Å²) < 4.78 is 5.24. The summed E-state index contributed by atoms with van der Waals surface area (Å²) in [5, 5.41) is 13.0. The van der Waals surface area contributed by atoms with E-state index in [0.717, 1.165) is 19.3 Å². The fourth-order valence-electron chi connectivity index (χ4n) is 3.09. The summed E-state index contributed by atoms with van der Waals surface area (Å²) in [5.74, 6) is 0. The molecule has 3 rings (SSSR count). The van der Waals surface area contributed by atoms with Gasteiger partial charge in [-0.3, -0.25) is 0 Å². The van der Waals surface area contributed by atoms with Crippen molar-refractivity contribution in [2.75, 3.05) is 0 Å². The van der Waals surface area contributed by atoms with E-state index in [1.54, 1.807) is 0 Å². The number of ether oxygens (including phenoxy) is 1. The molecule has 0 heterocycles. The second kappa shape index (κ2) is 3.16. The summed E-state index contributed by atoms with van der Waals surface area (Å²) >= 11 is 0. The van der Waals surface area contributed by atoms with Gasteiger partial charge in [-0.05, 0) is 53.9 Å². The van der Waals surface area contributed by atoms with Gasteiger partial charge in [-0.2, -0.15) is 0 Å². The van der Waals surface area contributed by atoms with Crippen molar-refractivity contribution in [3.8, 4) is 0 Å². The van der Waals surface area contributed by atoms with Crippen LogP contribution in [0.5, 0.6) is 0 Å². The zero-order valence-electron chi connectivity index (χ0n) is 11.4. The Hall–Kier alpha value is -0.770. The van der Waals surface area contributed by atoms with Crippen molar-refractivity contribution in [1.82, 2.24) is 5.32 Å². The van der Waals surface area contributed by atoms with Crippen molar-refractivity contribution in [3.05, 3.63) is 0 Å². The Kier molecular flexibility index (Phi) is 2.36. The van der Waals surface area contributed by atoms with Crippen LogP contribution in [0.4, 0.5) is 4.79 Å². The first-order valence-corrected chi connectivity index (χ1v) is 6.21.